The highest BCUT2D eigenvalue weighted by Crippen LogP contribution is 2.53. The predicted molar refractivity (Wildman–Crippen MR) is 95.8 cm³/mol. The summed E-state index contributed by atoms with van der Waals surface area (Å²) >= 11 is 0. The Labute approximate surface area is 128 Å². The van der Waals surface area contributed by atoms with Crippen LogP contribution in [0.5, 0.6) is 0 Å². The molecule has 0 saturated carbocycles. The summed E-state index contributed by atoms with van der Waals surface area (Å²) in [5.74, 6) is 0. The Kier molecular flexibility index (Phi) is 4.22. The largest absolute Gasteiger partial charge is 0.123 e. The zero-order valence-electron chi connectivity index (χ0n) is 11.9. The van der Waals surface area contributed by atoms with Gasteiger partial charge >= 0.3 is 0 Å². The smallest absolute Gasteiger partial charge is 0.0620 e. The number of benzene rings is 3. The lowest BCUT2D eigenvalue weighted by molar-refractivity contribution is 1.71. The van der Waals surface area contributed by atoms with Gasteiger partial charge in [0.25, 0.3) is 0 Å². The summed E-state index contributed by atoms with van der Waals surface area (Å²) < 4.78 is 0. The molecule has 0 unspecified atom stereocenters. The van der Waals surface area contributed by atoms with Gasteiger partial charge in [-0.2, -0.15) is 0 Å². The minimum atomic E-state index is -1.76. The van der Waals surface area contributed by atoms with Gasteiger partial charge < -0.3 is 0 Å². The molecule has 0 aliphatic rings. The van der Waals surface area contributed by atoms with Crippen LogP contribution in [0.15, 0.2) is 91.0 Å². The zero-order chi connectivity index (χ0) is 14.5. The van der Waals surface area contributed by atoms with Gasteiger partial charge in [0.1, 0.15) is 31.0 Å². The van der Waals surface area contributed by atoms with E-state index in [9.17, 15) is 0 Å². The molecule has 0 heterocycles. The third-order valence-electron chi connectivity index (χ3n) is 3.86. The molecule has 21 heavy (non-hydrogen) atoms. The zero-order valence-corrected chi connectivity index (χ0v) is 12.8. The summed E-state index contributed by atoms with van der Waals surface area (Å²) in [6, 6.07) is 32.7. The first-order chi connectivity index (χ1) is 10.4. The fourth-order valence-electron chi connectivity index (χ4n) is 2.81. The molecule has 3 aromatic rings. The Balaban J connectivity index is 2.29. The molecule has 0 atom stereocenters. The molecule has 2 radical (unpaired) electrons. The minimum Gasteiger partial charge on any atom is -0.0620 e. The van der Waals surface area contributed by atoms with Gasteiger partial charge in [0.15, 0.2) is 0 Å². The van der Waals surface area contributed by atoms with Crippen LogP contribution in [0.25, 0.3) is 0 Å². The van der Waals surface area contributed by atoms with Crippen molar-refractivity contribution in [2.24, 2.45) is 0 Å². The van der Waals surface area contributed by atoms with Crippen LogP contribution in [0.4, 0.5) is 0 Å². The molecule has 0 saturated heterocycles. The van der Waals surface area contributed by atoms with E-state index in [1.165, 1.54) is 15.9 Å². The second kappa shape index (κ2) is 6.29. The van der Waals surface area contributed by atoms with Crippen LogP contribution >= 0.6 is 7.26 Å². The molecule has 100 valence electrons. The van der Waals surface area contributed by atoms with Gasteiger partial charge in [0, 0.05) is 6.06 Å². The maximum atomic E-state index is 6.35. The van der Waals surface area contributed by atoms with Crippen LogP contribution in [0.2, 0.25) is 0 Å². The minimum absolute atomic E-state index is 0.644. The van der Waals surface area contributed by atoms with Crippen LogP contribution in [-0.2, 0) is 0 Å². The van der Waals surface area contributed by atoms with Gasteiger partial charge in [-0.1, -0.05) is 54.6 Å². The van der Waals surface area contributed by atoms with E-state index in [1.54, 1.807) is 0 Å². The molecule has 3 aromatic carbocycles. The quantitative estimate of drug-likeness (QED) is 0.511. The molecule has 0 aliphatic carbocycles. The Hall–Kier alpha value is -1.85. The van der Waals surface area contributed by atoms with E-state index < -0.39 is 7.26 Å². The summed E-state index contributed by atoms with van der Waals surface area (Å²) in [7, 11) is 4.60. The average Bonchev–Trinajstić information content (AvgIpc) is 2.59. The van der Waals surface area contributed by atoms with E-state index in [-0.39, 0.29) is 0 Å². The number of rotatable bonds is 4. The van der Waals surface area contributed by atoms with Crippen LogP contribution in [-0.4, -0.2) is 13.9 Å². The normalized spacial score (nSPS) is 11.2. The van der Waals surface area contributed by atoms with Crippen LogP contribution in [0.1, 0.15) is 0 Å². The Bertz CT molecular complexity index is 584. The molecule has 0 aliphatic heterocycles. The van der Waals surface area contributed by atoms with Crippen molar-refractivity contribution in [1.29, 1.82) is 0 Å². The summed E-state index contributed by atoms with van der Waals surface area (Å²) in [4.78, 5) is 0. The Morgan fingerprint density at radius 2 is 0.810 bits per heavy atom. The van der Waals surface area contributed by atoms with E-state index in [0.29, 0.717) is 6.06 Å². The first-order valence-electron chi connectivity index (χ1n) is 7.13. The maximum absolute atomic E-state index is 6.35. The maximum Gasteiger partial charge on any atom is 0.123 e. The van der Waals surface area contributed by atoms with Gasteiger partial charge in [-0.05, 0) is 36.4 Å². The fourth-order valence-corrected chi connectivity index (χ4v) is 6.38. The third kappa shape index (κ3) is 2.54. The standard InChI is InChI=1S/C19H17BP/c20-16-21(17-10-4-1-5-11-17,18-12-6-2-7-13-18)19-14-8-3-9-15-19/h1-15H,16H2/q+1. The SMILES string of the molecule is [B]C[P+](c1ccccc1)(c1ccccc1)c1ccccc1. The molecule has 2 heteroatoms. The summed E-state index contributed by atoms with van der Waals surface area (Å²) in [5.41, 5.74) is 0. The highest BCUT2D eigenvalue weighted by atomic mass is 31.2. The van der Waals surface area contributed by atoms with Gasteiger partial charge in [0.05, 0.1) is 0 Å². The second-order valence-electron chi connectivity index (χ2n) is 5.00. The van der Waals surface area contributed by atoms with Crippen molar-refractivity contribution in [3.8, 4) is 0 Å². The van der Waals surface area contributed by atoms with Gasteiger partial charge in [0.2, 0.25) is 0 Å². The lowest BCUT2D eigenvalue weighted by Crippen LogP contribution is -2.33. The predicted octanol–water partition coefficient (Wildman–Crippen LogP) is 3.11. The third-order valence-corrected chi connectivity index (χ3v) is 7.95. The molecule has 3 rings (SSSR count). The Morgan fingerprint density at radius 1 is 0.524 bits per heavy atom. The van der Waals surface area contributed by atoms with E-state index >= 15 is 0 Å². The molecular formula is C19H17BP+. The summed E-state index contributed by atoms with van der Waals surface area (Å²) in [6.45, 7) is 0. The average molecular weight is 287 g/mol. The van der Waals surface area contributed by atoms with Crippen LogP contribution in [0, 0.1) is 0 Å². The molecule has 0 fully saturated rings. The van der Waals surface area contributed by atoms with Crippen molar-refractivity contribution in [1.82, 2.24) is 0 Å². The second-order valence-corrected chi connectivity index (χ2v) is 8.53. The first kappa shape index (κ1) is 14.1. The highest BCUT2D eigenvalue weighted by molar-refractivity contribution is 7.96. The van der Waals surface area contributed by atoms with E-state index in [0.717, 1.165) is 0 Å². The van der Waals surface area contributed by atoms with Crippen molar-refractivity contribution in [2.45, 2.75) is 0 Å². The van der Waals surface area contributed by atoms with Crippen molar-refractivity contribution in [3.63, 3.8) is 0 Å². The fraction of sp³-hybridized carbons (Fsp3) is 0.0526. The van der Waals surface area contributed by atoms with Crippen molar-refractivity contribution < 1.29 is 0 Å². The van der Waals surface area contributed by atoms with Crippen LogP contribution in [0.3, 0.4) is 0 Å². The Morgan fingerprint density at radius 3 is 1.05 bits per heavy atom. The molecule has 0 bridgehead atoms. The van der Waals surface area contributed by atoms with E-state index in [1.807, 2.05) is 0 Å². The summed E-state index contributed by atoms with van der Waals surface area (Å²) in [5, 5.41) is 4.01. The lowest BCUT2D eigenvalue weighted by Gasteiger charge is -2.26. The van der Waals surface area contributed by atoms with E-state index in [2.05, 4.69) is 91.0 Å². The topological polar surface area (TPSA) is 0 Å². The van der Waals surface area contributed by atoms with E-state index in [4.69, 9.17) is 7.85 Å². The van der Waals surface area contributed by atoms with Crippen molar-refractivity contribution >= 4 is 31.0 Å². The number of hydrogen-bond donors (Lipinski definition) is 0. The molecule has 0 spiro atoms. The number of hydrogen-bond acceptors (Lipinski definition) is 0. The highest BCUT2D eigenvalue weighted by Gasteiger charge is 2.42. The molecule has 0 nitrogen and oxygen atoms in total. The van der Waals surface area contributed by atoms with Crippen molar-refractivity contribution in [3.05, 3.63) is 91.0 Å². The first-order valence-corrected chi connectivity index (χ1v) is 9.10. The van der Waals surface area contributed by atoms with Crippen LogP contribution < -0.4 is 15.9 Å². The van der Waals surface area contributed by atoms with Gasteiger partial charge in [-0.25, -0.2) is 0 Å². The lowest BCUT2D eigenvalue weighted by atomic mass is 10.2. The van der Waals surface area contributed by atoms with Gasteiger partial charge in [-0.15, -0.1) is 0 Å². The summed E-state index contributed by atoms with van der Waals surface area (Å²) in [6.07, 6.45) is 0. The molecule has 0 aromatic heterocycles. The molecule has 0 N–H and O–H groups in total. The monoisotopic (exact) mass is 287 g/mol. The molecule has 0 amide bonds. The van der Waals surface area contributed by atoms with Gasteiger partial charge in [-0.3, -0.25) is 0 Å². The molecular weight excluding hydrogens is 270 g/mol. The van der Waals surface area contributed by atoms with Crippen molar-refractivity contribution in [2.75, 3.05) is 6.06 Å².